The lowest BCUT2D eigenvalue weighted by atomic mass is 10.1. The van der Waals surface area contributed by atoms with E-state index in [1.807, 2.05) is 0 Å². The second-order valence-electron chi connectivity index (χ2n) is 2.60. The quantitative estimate of drug-likeness (QED) is 0.813. The van der Waals surface area contributed by atoms with Crippen LogP contribution in [0.3, 0.4) is 0 Å². The van der Waals surface area contributed by atoms with Crippen LogP contribution in [0.15, 0.2) is 10.5 Å². The topological polar surface area (TPSA) is 46.5 Å². The van der Waals surface area contributed by atoms with E-state index >= 15 is 0 Å². The van der Waals surface area contributed by atoms with Gasteiger partial charge in [-0.2, -0.15) is 0 Å². The third kappa shape index (κ3) is 1.67. The van der Waals surface area contributed by atoms with E-state index < -0.39 is 0 Å². The van der Waals surface area contributed by atoms with Gasteiger partial charge in [0.05, 0.1) is 12.7 Å². The number of methoxy groups -OCH3 is 1. The fourth-order valence-corrected chi connectivity index (χ4v) is 1.82. The minimum absolute atomic E-state index is 0.0857. The first-order valence-electron chi connectivity index (χ1n) is 3.63. The van der Waals surface area contributed by atoms with E-state index in [4.69, 9.17) is 4.74 Å². The second kappa shape index (κ2) is 3.79. The van der Waals surface area contributed by atoms with E-state index in [1.54, 1.807) is 13.0 Å². The molecule has 1 rings (SSSR count). The highest BCUT2D eigenvalue weighted by atomic mass is 79.9. The zero-order valence-electron chi connectivity index (χ0n) is 7.30. The Balaban J connectivity index is 3.45. The number of halogens is 1. The molecule has 3 nitrogen and oxygen atoms in total. The Morgan fingerprint density at radius 1 is 1.62 bits per heavy atom. The molecule has 0 bridgehead atoms. The van der Waals surface area contributed by atoms with Crippen LogP contribution in [0.25, 0.3) is 0 Å². The molecule has 1 N–H and O–H groups in total. The van der Waals surface area contributed by atoms with Crippen molar-refractivity contribution in [3.8, 4) is 11.5 Å². The van der Waals surface area contributed by atoms with Crippen molar-refractivity contribution < 1.29 is 14.6 Å². The van der Waals surface area contributed by atoms with Crippen molar-refractivity contribution in [3.63, 3.8) is 0 Å². The summed E-state index contributed by atoms with van der Waals surface area (Å²) in [5, 5.41) is 9.48. The summed E-state index contributed by atoms with van der Waals surface area (Å²) in [4.78, 5) is 10.5. The predicted molar refractivity (Wildman–Crippen MR) is 52.5 cm³/mol. The van der Waals surface area contributed by atoms with Gasteiger partial charge in [-0.15, -0.1) is 0 Å². The van der Waals surface area contributed by atoms with Gasteiger partial charge in [-0.05, 0) is 34.5 Å². The monoisotopic (exact) mass is 244 g/mol. The van der Waals surface area contributed by atoms with Crippen molar-refractivity contribution in [2.45, 2.75) is 6.92 Å². The number of phenolic OH excluding ortho intramolecular Hbond substituents is 1. The average Bonchev–Trinajstić information content (AvgIpc) is 2.12. The average molecular weight is 245 g/mol. The Labute approximate surface area is 84.5 Å². The van der Waals surface area contributed by atoms with E-state index in [0.29, 0.717) is 16.5 Å². The lowest BCUT2D eigenvalue weighted by Crippen LogP contribution is -1.92. The first-order chi connectivity index (χ1) is 6.11. The molecule has 0 atom stereocenters. The molecule has 0 aliphatic rings. The van der Waals surface area contributed by atoms with Crippen LogP contribution in [-0.4, -0.2) is 18.5 Å². The maximum absolute atomic E-state index is 10.5. The Bertz CT molecular complexity index is 347. The number of carbonyl (C=O) groups excluding carboxylic acids is 1. The summed E-state index contributed by atoms with van der Waals surface area (Å²) in [5.74, 6) is 0.459. The molecule has 0 unspecified atom stereocenters. The normalized spacial score (nSPS) is 9.77. The largest absolute Gasteiger partial charge is 0.506 e. The molecule has 0 radical (unpaired) electrons. The molecule has 0 saturated heterocycles. The maximum atomic E-state index is 10.5. The minimum Gasteiger partial charge on any atom is -0.506 e. The molecule has 0 heterocycles. The summed E-state index contributed by atoms with van der Waals surface area (Å²) in [6.07, 6.45) is 0.604. The number of rotatable bonds is 2. The molecule has 0 fully saturated rings. The number of benzene rings is 1. The van der Waals surface area contributed by atoms with Gasteiger partial charge in [0, 0.05) is 0 Å². The molecule has 0 saturated carbocycles. The molecule has 0 spiro atoms. The number of aldehydes is 1. The smallest absolute Gasteiger partial charge is 0.153 e. The third-order valence-corrected chi connectivity index (χ3v) is 2.48. The fourth-order valence-electron chi connectivity index (χ4n) is 1.11. The van der Waals surface area contributed by atoms with Gasteiger partial charge in [0.15, 0.2) is 6.29 Å². The number of hydrogen-bond acceptors (Lipinski definition) is 3. The van der Waals surface area contributed by atoms with Crippen LogP contribution in [0.1, 0.15) is 15.9 Å². The zero-order chi connectivity index (χ0) is 10.0. The SMILES string of the molecule is COc1c(C)cc(C=O)c(O)c1Br. The molecule has 0 aliphatic heterocycles. The van der Waals surface area contributed by atoms with Gasteiger partial charge in [-0.3, -0.25) is 4.79 Å². The van der Waals surface area contributed by atoms with Gasteiger partial charge in [0.1, 0.15) is 16.0 Å². The van der Waals surface area contributed by atoms with Gasteiger partial charge < -0.3 is 9.84 Å². The first kappa shape index (κ1) is 10.1. The van der Waals surface area contributed by atoms with E-state index in [2.05, 4.69) is 15.9 Å². The van der Waals surface area contributed by atoms with E-state index in [1.165, 1.54) is 7.11 Å². The molecule has 4 heteroatoms. The van der Waals surface area contributed by atoms with Gasteiger partial charge in [-0.1, -0.05) is 0 Å². The van der Waals surface area contributed by atoms with Crippen LogP contribution >= 0.6 is 15.9 Å². The third-order valence-electron chi connectivity index (χ3n) is 1.74. The molecule has 1 aromatic rings. The summed E-state index contributed by atoms with van der Waals surface area (Å²) < 4.78 is 5.45. The highest BCUT2D eigenvalue weighted by Crippen LogP contribution is 2.38. The van der Waals surface area contributed by atoms with Crippen molar-refractivity contribution in [1.29, 1.82) is 0 Å². The summed E-state index contributed by atoms with van der Waals surface area (Å²) in [7, 11) is 1.51. The molecule has 13 heavy (non-hydrogen) atoms. The summed E-state index contributed by atoms with van der Waals surface area (Å²) in [5.41, 5.74) is 1.06. The van der Waals surface area contributed by atoms with Crippen LogP contribution in [0.5, 0.6) is 11.5 Å². The van der Waals surface area contributed by atoms with Gasteiger partial charge in [-0.25, -0.2) is 0 Å². The number of phenols is 1. The zero-order valence-corrected chi connectivity index (χ0v) is 8.88. The standard InChI is InChI=1S/C9H9BrO3/c1-5-3-6(4-11)8(12)7(10)9(5)13-2/h3-4,12H,1-2H3. The number of carbonyl (C=O) groups is 1. The predicted octanol–water partition coefficient (Wildman–Crippen LogP) is 2.28. The van der Waals surface area contributed by atoms with Gasteiger partial charge in [0.2, 0.25) is 0 Å². The van der Waals surface area contributed by atoms with Gasteiger partial charge >= 0.3 is 0 Å². The van der Waals surface area contributed by atoms with Gasteiger partial charge in [0.25, 0.3) is 0 Å². The van der Waals surface area contributed by atoms with Crippen LogP contribution in [0.2, 0.25) is 0 Å². The van der Waals surface area contributed by atoms with Crippen LogP contribution in [-0.2, 0) is 0 Å². The van der Waals surface area contributed by atoms with Crippen molar-refractivity contribution in [2.75, 3.05) is 7.11 Å². The highest BCUT2D eigenvalue weighted by molar-refractivity contribution is 9.10. The first-order valence-corrected chi connectivity index (χ1v) is 4.42. The van der Waals surface area contributed by atoms with Crippen molar-refractivity contribution in [2.24, 2.45) is 0 Å². The maximum Gasteiger partial charge on any atom is 0.153 e. The lowest BCUT2D eigenvalue weighted by Gasteiger charge is -2.09. The van der Waals surface area contributed by atoms with Crippen LogP contribution < -0.4 is 4.74 Å². The van der Waals surface area contributed by atoms with E-state index in [0.717, 1.165) is 5.56 Å². The highest BCUT2D eigenvalue weighted by Gasteiger charge is 2.13. The summed E-state index contributed by atoms with van der Waals surface area (Å²) in [6, 6.07) is 1.58. The molecule has 70 valence electrons. The fraction of sp³-hybridized carbons (Fsp3) is 0.222. The second-order valence-corrected chi connectivity index (χ2v) is 3.39. The molecule has 0 aromatic heterocycles. The van der Waals surface area contributed by atoms with Crippen LogP contribution in [0.4, 0.5) is 0 Å². The summed E-state index contributed by atoms with van der Waals surface area (Å²) in [6.45, 7) is 1.80. The lowest BCUT2D eigenvalue weighted by molar-refractivity contribution is 0.112. The van der Waals surface area contributed by atoms with Crippen LogP contribution in [0, 0.1) is 6.92 Å². The number of aromatic hydroxyl groups is 1. The van der Waals surface area contributed by atoms with Crippen molar-refractivity contribution in [3.05, 3.63) is 21.7 Å². The molecular weight excluding hydrogens is 236 g/mol. The number of ether oxygens (including phenoxy) is 1. The molecular formula is C9H9BrO3. The number of hydrogen-bond donors (Lipinski definition) is 1. The van der Waals surface area contributed by atoms with E-state index in [9.17, 15) is 9.90 Å². The minimum atomic E-state index is -0.0857. The Morgan fingerprint density at radius 2 is 2.23 bits per heavy atom. The Morgan fingerprint density at radius 3 is 2.69 bits per heavy atom. The Hall–Kier alpha value is -1.03. The number of aryl methyl sites for hydroxylation is 1. The Kier molecular flexibility index (Phi) is 2.93. The van der Waals surface area contributed by atoms with E-state index in [-0.39, 0.29) is 11.3 Å². The summed E-state index contributed by atoms with van der Waals surface area (Å²) >= 11 is 3.15. The van der Waals surface area contributed by atoms with Crippen molar-refractivity contribution >= 4 is 22.2 Å². The molecule has 1 aromatic carbocycles. The van der Waals surface area contributed by atoms with Crippen molar-refractivity contribution in [1.82, 2.24) is 0 Å². The molecule has 0 aliphatic carbocycles. The molecule has 0 amide bonds.